The van der Waals surface area contributed by atoms with Crippen LogP contribution in [0, 0.1) is 5.41 Å². The number of phenolic OH excluding ortho intramolecular Hbond substituents is 1. The second kappa shape index (κ2) is 5.96. The van der Waals surface area contributed by atoms with Gasteiger partial charge in [-0.25, -0.2) is 4.90 Å². The van der Waals surface area contributed by atoms with Crippen LogP contribution < -0.4 is 4.90 Å². The number of rotatable bonds is 3. The molecule has 5 nitrogen and oxygen atoms in total. The topological polar surface area (TPSA) is 66.8 Å². The third kappa shape index (κ3) is 3.91. The van der Waals surface area contributed by atoms with Crippen molar-refractivity contribution in [2.45, 2.75) is 46.5 Å². The number of amides is 2. The van der Waals surface area contributed by atoms with Gasteiger partial charge in [-0.2, -0.15) is 0 Å². The monoisotopic (exact) mass is 319 g/mol. The molecule has 0 spiro atoms. The van der Waals surface area contributed by atoms with Gasteiger partial charge in [0.2, 0.25) is 0 Å². The SMILES string of the molecule is CC(C)(C)CC(C)(C)c1cc(N2C(=O)COCC2=O)ccc1O. The van der Waals surface area contributed by atoms with E-state index in [9.17, 15) is 14.7 Å². The van der Waals surface area contributed by atoms with Crippen LogP contribution in [0.2, 0.25) is 0 Å². The Balaban J connectivity index is 2.43. The van der Waals surface area contributed by atoms with E-state index in [1.807, 2.05) is 0 Å². The van der Waals surface area contributed by atoms with E-state index >= 15 is 0 Å². The number of nitrogens with zero attached hydrogens (tertiary/aromatic N) is 1. The number of morpholine rings is 1. The van der Waals surface area contributed by atoms with Crippen molar-refractivity contribution in [1.29, 1.82) is 0 Å². The van der Waals surface area contributed by atoms with Gasteiger partial charge in [0.25, 0.3) is 11.8 Å². The molecule has 2 rings (SSSR count). The Morgan fingerprint density at radius 3 is 2.17 bits per heavy atom. The van der Waals surface area contributed by atoms with Crippen molar-refractivity contribution in [3.05, 3.63) is 23.8 Å². The average molecular weight is 319 g/mol. The zero-order valence-electron chi connectivity index (χ0n) is 14.5. The van der Waals surface area contributed by atoms with Gasteiger partial charge in [0.15, 0.2) is 0 Å². The van der Waals surface area contributed by atoms with Crippen LogP contribution in [0.3, 0.4) is 0 Å². The van der Waals surface area contributed by atoms with Crippen molar-refractivity contribution in [3.8, 4) is 5.75 Å². The lowest BCUT2D eigenvalue weighted by Gasteiger charge is -2.34. The number of aromatic hydroxyl groups is 1. The molecule has 23 heavy (non-hydrogen) atoms. The predicted octanol–water partition coefficient (Wildman–Crippen LogP) is 3.00. The summed E-state index contributed by atoms with van der Waals surface area (Å²) in [5, 5.41) is 10.3. The molecular weight excluding hydrogens is 294 g/mol. The van der Waals surface area contributed by atoms with E-state index in [2.05, 4.69) is 34.6 Å². The number of anilines is 1. The summed E-state index contributed by atoms with van der Waals surface area (Å²) < 4.78 is 4.94. The maximum absolute atomic E-state index is 12.0. The van der Waals surface area contributed by atoms with Crippen molar-refractivity contribution >= 4 is 17.5 Å². The highest BCUT2D eigenvalue weighted by Crippen LogP contribution is 2.41. The number of carbonyl (C=O) groups is 2. The molecule has 1 heterocycles. The summed E-state index contributed by atoms with van der Waals surface area (Å²) in [7, 11) is 0. The van der Waals surface area contributed by atoms with Crippen LogP contribution in [0.1, 0.15) is 46.6 Å². The van der Waals surface area contributed by atoms with E-state index in [-0.39, 0.29) is 41.6 Å². The quantitative estimate of drug-likeness (QED) is 0.870. The predicted molar refractivity (Wildman–Crippen MR) is 88.5 cm³/mol. The molecule has 5 heteroatoms. The van der Waals surface area contributed by atoms with E-state index in [1.165, 1.54) is 0 Å². The third-order valence-corrected chi connectivity index (χ3v) is 3.89. The van der Waals surface area contributed by atoms with Gasteiger partial charge in [-0.15, -0.1) is 0 Å². The highest BCUT2D eigenvalue weighted by Gasteiger charge is 2.32. The molecule has 1 N–H and O–H groups in total. The van der Waals surface area contributed by atoms with Gasteiger partial charge < -0.3 is 9.84 Å². The molecule has 0 radical (unpaired) electrons. The molecule has 1 saturated heterocycles. The van der Waals surface area contributed by atoms with Crippen molar-refractivity contribution < 1.29 is 19.4 Å². The minimum Gasteiger partial charge on any atom is -0.508 e. The van der Waals surface area contributed by atoms with Gasteiger partial charge in [-0.05, 0) is 35.4 Å². The van der Waals surface area contributed by atoms with E-state index in [4.69, 9.17) is 4.74 Å². The normalized spacial score (nSPS) is 16.8. The molecule has 0 aromatic heterocycles. The zero-order valence-corrected chi connectivity index (χ0v) is 14.5. The van der Waals surface area contributed by atoms with Gasteiger partial charge in [-0.3, -0.25) is 9.59 Å². The number of imide groups is 1. The average Bonchev–Trinajstić information content (AvgIpc) is 2.37. The van der Waals surface area contributed by atoms with Crippen LogP contribution in [-0.4, -0.2) is 30.1 Å². The molecule has 1 aromatic carbocycles. The molecule has 126 valence electrons. The number of hydrogen-bond acceptors (Lipinski definition) is 4. The number of ether oxygens (including phenoxy) is 1. The van der Waals surface area contributed by atoms with Crippen LogP contribution in [0.15, 0.2) is 18.2 Å². The van der Waals surface area contributed by atoms with Crippen LogP contribution in [-0.2, 0) is 19.7 Å². The van der Waals surface area contributed by atoms with Crippen LogP contribution in [0.4, 0.5) is 5.69 Å². The minimum absolute atomic E-state index is 0.0799. The Morgan fingerprint density at radius 1 is 1.09 bits per heavy atom. The molecule has 0 aliphatic carbocycles. The van der Waals surface area contributed by atoms with E-state index < -0.39 is 0 Å². The minimum atomic E-state index is -0.383. The van der Waals surface area contributed by atoms with Crippen molar-refractivity contribution in [1.82, 2.24) is 0 Å². The molecule has 2 amide bonds. The van der Waals surface area contributed by atoms with E-state index in [1.54, 1.807) is 18.2 Å². The maximum atomic E-state index is 12.0. The van der Waals surface area contributed by atoms with Gasteiger partial charge in [-0.1, -0.05) is 34.6 Å². The first-order valence-corrected chi connectivity index (χ1v) is 7.78. The lowest BCUT2D eigenvalue weighted by molar-refractivity contribution is -0.138. The number of hydrogen-bond donors (Lipinski definition) is 1. The number of benzene rings is 1. The van der Waals surface area contributed by atoms with Crippen LogP contribution in [0.25, 0.3) is 0 Å². The fourth-order valence-corrected chi connectivity index (χ4v) is 3.41. The first kappa shape index (κ1) is 17.5. The molecule has 1 aliphatic rings. The van der Waals surface area contributed by atoms with Crippen LogP contribution in [0.5, 0.6) is 5.75 Å². The Labute approximate surface area is 137 Å². The standard InChI is InChI=1S/C18H25NO4/c1-17(2,3)11-18(4,5)13-8-12(6-7-14(13)20)19-15(21)9-23-10-16(19)22/h6-8,20H,9-11H2,1-5H3. The second-order valence-corrected chi connectivity index (χ2v) is 7.94. The summed E-state index contributed by atoms with van der Waals surface area (Å²) >= 11 is 0. The third-order valence-electron chi connectivity index (χ3n) is 3.89. The molecule has 0 bridgehead atoms. The Hall–Kier alpha value is -1.88. The van der Waals surface area contributed by atoms with Gasteiger partial charge in [0, 0.05) is 5.56 Å². The summed E-state index contributed by atoms with van der Waals surface area (Å²) in [6.07, 6.45) is 0.849. The summed E-state index contributed by atoms with van der Waals surface area (Å²) in [5.41, 5.74) is 1.00. The van der Waals surface area contributed by atoms with E-state index in [0.29, 0.717) is 5.69 Å². The van der Waals surface area contributed by atoms with Crippen molar-refractivity contribution in [3.63, 3.8) is 0 Å². The smallest absolute Gasteiger partial charge is 0.259 e. The summed E-state index contributed by atoms with van der Waals surface area (Å²) in [4.78, 5) is 25.1. The second-order valence-electron chi connectivity index (χ2n) is 7.94. The summed E-state index contributed by atoms with van der Waals surface area (Å²) in [6, 6.07) is 4.88. The number of carbonyl (C=O) groups excluding carboxylic acids is 2. The lowest BCUT2D eigenvalue weighted by Crippen LogP contribution is -2.46. The zero-order chi connectivity index (χ0) is 17.4. The maximum Gasteiger partial charge on any atom is 0.259 e. The largest absolute Gasteiger partial charge is 0.508 e. The van der Waals surface area contributed by atoms with Crippen LogP contribution >= 0.6 is 0 Å². The Morgan fingerprint density at radius 2 is 1.65 bits per heavy atom. The van der Waals surface area contributed by atoms with E-state index in [0.717, 1.165) is 16.9 Å². The van der Waals surface area contributed by atoms with Crippen molar-refractivity contribution in [2.75, 3.05) is 18.1 Å². The molecule has 1 fully saturated rings. The highest BCUT2D eigenvalue weighted by molar-refractivity contribution is 6.17. The molecule has 0 atom stereocenters. The summed E-state index contributed by atoms with van der Waals surface area (Å²) in [5.74, 6) is -0.589. The molecule has 1 aromatic rings. The van der Waals surface area contributed by atoms with Crippen molar-refractivity contribution in [2.24, 2.45) is 5.41 Å². The molecule has 1 aliphatic heterocycles. The number of phenols is 1. The fourth-order valence-electron chi connectivity index (χ4n) is 3.41. The fraction of sp³-hybridized carbons (Fsp3) is 0.556. The highest BCUT2D eigenvalue weighted by atomic mass is 16.5. The molecular formula is C18H25NO4. The van der Waals surface area contributed by atoms with Gasteiger partial charge in [0.1, 0.15) is 19.0 Å². The lowest BCUT2D eigenvalue weighted by atomic mass is 9.72. The Kier molecular flexibility index (Phi) is 4.53. The first-order valence-electron chi connectivity index (χ1n) is 7.78. The molecule has 0 unspecified atom stereocenters. The van der Waals surface area contributed by atoms with Gasteiger partial charge >= 0.3 is 0 Å². The first-order chi connectivity index (χ1) is 10.5. The molecule has 0 saturated carbocycles. The Bertz CT molecular complexity index is 612. The summed E-state index contributed by atoms with van der Waals surface area (Å²) in [6.45, 7) is 10.3. The van der Waals surface area contributed by atoms with Gasteiger partial charge in [0.05, 0.1) is 5.69 Å².